The number of nitrogens with one attached hydrogen (secondary N) is 1. The summed E-state index contributed by atoms with van der Waals surface area (Å²) in [6.07, 6.45) is 1.88. The molecule has 0 aliphatic carbocycles. The molecule has 4 aromatic rings. The molecule has 192 valence electrons. The Labute approximate surface area is 240 Å². The summed E-state index contributed by atoms with van der Waals surface area (Å²) < 4.78 is 8.07. The Balaban J connectivity index is 1.33. The lowest BCUT2D eigenvalue weighted by Gasteiger charge is -2.11. The van der Waals surface area contributed by atoms with Crippen LogP contribution in [0, 0.1) is 13.8 Å². The number of amidine groups is 1. The number of nitrogens with zero attached hydrogens (tertiary/aromatic N) is 2. The highest BCUT2D eigenvalue weighted by Crippen LogP contribution is 2.35. The summed E-state index contributed by atoms with van der Waals surface area (Å²) in [4.78, 5) is 17.7. The molecule has 0 bridgehead atoms. The van der Waals surface area contributed by atoms with Gasteiger partial charge in [-0.25, -0.2) is 4.99 Å². The van der Waals surface area contributed by atoms with E-state index in [1.165, 1.54) is 11.8 Å². The Bertz CT molecular complexity index is 1580. The lowest BCUT2D eigenvalue weighted by atomic mass is 10.2. The summed E-state index contributed by atoms with van der Waals surface area (Å²) in [7, 11) is 0. The van der Waals surface area contributed by atoms with Gasteiger partial charge in [-0.1, -0.05) is 53.0 Å². The Morgan fingerprint density at radius 3 is 2.47 bits per heavy atom. The van der Waals surface area contributed by atoms with Gasteiger partial charge in [-0.3, -0.25) is 4.79 Å². The minimum Gasteiger partial charge on any atom is -0.489 e. The summed E-state index contributed by atoms with van der Waals surface area (Å²) in [6, 6.07) is 22.8. The lowest BCUT2D eigenvalue weighted by molar-refractivity contribution is -0.115. The van der Waals surface area contributed by atoms with E-state index in [2.05, 4.69) is 20.9 Å². The fourth-order valence-electron chi connectivity index (χ4n) is 4.08. The quantitative estimate of drug-likeness (QED) is 0.232. The maximum atomic E-state index is 12.7. The van der Waals surface area contributed by atoms with Crippen molar-refractivity contribution in [1.29, 1.82) is 0 Å². The Morgan fingerprint density at radius 2 is 1.74 bits per heavy atom. The molecule has 0 radical (unpaired) electrons. The summed E-state index contributed by atoms with van der Waals surface area (Å²) >= 11 is 19.5. The SMILES string of the molecule is Cc1cc(/C=C2/SC(=Nc3cccc(Cl)c3Cl)NC2=O)c(C)n1-c1ccc(OCc2ccc(Cl)cc2)cc1. The number of hydrogen-bond donors (Lipinski definition) is 1. The van der Waals surface area contributed by atoms with E-state index in [4.69, 9.17) is 39.5 Å². The fourth-order valence-corrected chi connectivity index (χ4v) is 5.37. The predicted octanol–water partition coefficient (Wildman–Crippen LogP) is 8.52. The first kappa shape index (κ1) is 26.4. The van der Waals surface area contributed by atoms with E-state index in [0.29, 0.717) is 37.4 Å². The molecule has 0 unspecified atom stereocenters. The number of amides is 1. The number of carbonyl (C=O) groups excluding carboxylic acids is 1. The lowest BCUT2D eigenvalue weighted by Crippen LogP contribution is -2.19. The summed E-state index contributed by atoms with van der Waals surface area (Å²) in [5.41, 5.74) is 5.57. The highest BCUT2D eigenvalue weighted by Gasteiger charge is 2.25. The summed E-state index contributed by atoms with van der Waals surface area (Å²) in [6.45, 7) is 4.53. The topological polar surface area (TPSA) is 55.6 Å². The van der Waals surface area contributed by atoms with Crippen LogP contribution in [0.5, 0.6) is 5.75 Å². The molecule has 0 atom stereocenters. The van der Waals surface area contributed by atoms with Crippen molar-refractivity contribution in [3.8, 4) is 11.4 Å². The van der Waals surface area contributed by atoms with Crippen LogP contribution < -0.4 is 10.1 Å². The molecule has 5 rings (SSSR count). The number of aromatic nitrogens is 1. The molecule has 0 saturated carbocycles. The summed E-state index contributed by atoms with van der Waals surface area (Å²) in [5.74, 6) is 0.568. The largest absolute Gasteiger partial charge is 0.489 e. The van der Waals surface area contributed by atoms with Crippen molar-refractivity contribution in [2.45, 2.75) is 20.5 Å². The minimum atomic E-state index is -0.209. The maximum absolute atomic E-state index is 12.7. The van der Waals surface area contributed by atoms with Gasteiger partial charge in [0, 0.05) is 22.1 Å². The summed E-state index contributed by atoms with van der Waals surface area (Å²) in [5, 5.41) is 4.71. The van der Waals surface area contributed by atoms with Gasteiger partial charge in [0.05, 0.1) is 20.6 Å². The number of benzene rings is 3. The molecule has 1 fully saturated rings. The Hall–Kier alpha value is -3.16. The van der Waals surface area contributed by atoms with Gasteiger partial charge in [0.15, 0.2) is 5.17 Å². The molecule has 1 saturated heterocycles. The molecule has 5 nitrogen and oxygen atoms in total. The second-order valence-electron chi connectivity index (χ2n) is 8.63. The van der Waals surface area contributed by atoms with Gasteiger partial charge >= 0.3 is 0 Å². The van der Waals surface area contributed by atoms with E-state index in [0.717, 1.165) is 34.0 Å². The van der Waals surface area contributed by atoms with Crippen molar-refractivity contribution in [3.05, 3.63) is 115 Å². The number of aryl methyl sites for hydroxylation is 1. The molecule has 1 amide bonds. The van der Waals surface area contributed by atoms with Gasteiger partial charge in [0.2, 0.25) is 0 Å². The molecule has 0 spiro atoms. The van der Waals surface area contributed by atoms with Crippen molar-refractivity contribution in [3.63, 3.8) is 0 Å². The van der Waals surface area contributed by atoms with Gasteiger partial charge in [-0.15, -0.1) is 0 Å². The monoisotopic (exact) mass is 581 g/mol. The van der Waals surface area contributed by atoms with Crippen molar-refractivity contribution >= 4 is 69.4 Å². The second kappa shape index (κ2) is 11.3. The van der Waals surface area contributed by atoms with Crippen LogP contribution in [0.1, 0.15) is 22.5 Å². The van der Waals surface area contributed by atoms with Gasteiger partial charge in [0.1, 0.15) is 12.4 Å². The molecule has 1 N–H and O–H groups in total. The zero-order valence-corrected chi connectivity index (χ0v) is 23.6. The van der Waals surface area contributed by atoms with E-state index in [1.807, 2.05) is 68.5 Å². The Morgan fingerprint density at radius 1 is 1.00 bits per heavy atom. The van der Waals surface area contributed by atoms with Gasteiger partial charge < -0.3 is 14.6 Å². The zero-order valence-electron chi connectivity index (χ0n) is 20.5. The molecule has 1 aromatic heterocycles. The van der Waals surface area contributed by atoms with Gasteiger partial charge in [-0.2, -0.15) is 0 Å². The van der Waals surface area contributed by atoms with Gasteiger partial charge in [-0.05, 0) is 97.4 Å². The number of carbonyl (C=O) groups is 1. The third-order valence-corrected chi connectivity index (χ3v) is 7.95. The number of ether oxygens (including phenoxy) is 1. The maximum Gasteiger partial charge on any atom is 0.264 e. The molecule has 38 heavy (non-hydrogen) atoms. The van der Waals surface area contributed by atoms with Crippen LogP contribution in [-0.2, 0) is 11.4 Å². The molecule has 2 heterocycles. The number of halogens is 3. The number of hydrogen-bond acceptors (Lipinski definition) is 4. The third-order valence-electron chi connectivity index (χ3n) is 5.97. The average molecular weight is 583 g/mol. The highest BCUT2D eigenvalue weighted by atomic mass is 35.5. The fraction of sp³-hybridized carbons (Fsp3) is 0.103. The number of thioether (sulfide) groups is 1. The van der Waals surface area contributed by atoms with E-state index in [-0.39, 0.29) is 5.91 Å². The number of rotatable bonds is 6. The van der Waals surface area contributed by atoms with Crippen LogP contribution in [0.25, 0.3) is 11.8 Å². The zero-order chi connectivity index (χ0) is 26.8. The molecular weight excluding hydrogens is 561 g/mol. The number of aliphatic imine (C=N–C) groups is 1. The van der Waals surface area contributed by atoms with Crippen molar-refractivity contribution in [2.24, 2.45) is 4.99 Å². The van der Waals surface area contributed by atoms with Crippen LogP contribution in [0.2, 0.25) is 15.1 Å². The van der Waals surface area contributed by atoms with Crippen LogP contribution in [-0.4, -0.2) is 15.6 Å². The van der Waals surface area contributed by atoms with E-state index in [1.54, 1.807) is 18.2 Å². The molecular formula is C29H22Cl3N3O2S. The van der Waals surface area contributed by atoms with E-state index < -0.39 is 0 Å². The smallest absolute Gasteiger partial charge is 0.264 e. The van der Waals surface area contributed by atoms with Crippen LogP contribution in [0.15, 0.2) is 82.7 Å². The van der Waals surface area contributed by atoms with Crippen LogP contribution >= 0.6 is 46.6 Å². The first-order valence-corrected chi connectivity index (χ1v) is 13.6. The van der Waals surface area contributed by atoms with Crippen LogP contribution in [0.4, 0.5) is 5.69 Å². The Kier molecular flexibility index (Phi) is 7.86. The normalized spacial score (nSPS) is 15.3. The van der Waals surface area contributed by atoms with Crippen molar-refractivity contribution < 1.29 is 9.53 Å². The average Bonchev–Trinajstić information content (AvgIpc) is 3.39. The molecule has 3 aromatic carbocycles. The van der Waals surface area contributed by atoms with Crippen molar-refractivity contribution in [1.82, 2.24) is 9.88 Å². The highest BCUT2D eigenvalue weighted by molar-refractivity contribution is 8.18. The minimum absolute atomic E-state index is 0.209. The van der Waals surface area contributed by atoms with Crippen LogP contribution in [0.3, 0.4) is 0 Å². The molecule has 9 heteroatoms. The standard InChI is InChI=1S/C29H22Cl3N3O2S/c1-17-14-20(15-26-28(36)34-29(38-26)33-25-5-3-4-24(31)27(25)32)18(2)35(17)22-10-12-23(13-11-22)37-16-19-6-8-21(30)9-7-19/h3-15H,16H2,1-2H3,(H,33,34,36)/b26-15+. The van der Waals surface area contributed by atoms with E-state index in [9.17, 15) is 4.79 Å². The first-order valence-electron chi connectivity index (χ1n) is 11.7. The van der Waals surface area contributed by atoms with Gasteiger partial charge in [0.25, 0.3) is 5.91 Å². The van der Waals surface area contributed by atoms with Crippen molar-refractivity contribution in [2.75, 3.05) is 0 Å². The molecule has 1 aliphatic heterocycles. The second-order valence-corrected chi connectivity index (χ2v) is 10.9. The molecule has 1 aliphatic rings. The third kappa shape index (κ3) is 5.79. The van der Waals surface area contributed by atoms with E-state index >= 15 is 0 Å². The predicted molar refractivity (Wildman–Crippen MR) is 158 cm³/mol. The first-order chi connectivity index (χ1) is 18.3.